The summed E-state index contributed by atoms with van der Waals surface area (Å²) in [7, 11) is 0. The van der Waals surface area contributed by atoms with Crippen LogP contribution in [-0.4, -0.2) is 31.1 Å². The average Bonchev–Trinajstić information content (AvgIpc) is 2.72. The van der Waals surface area contributed by atoms with E-state index in [0.29, 0.717) is 0 Å². The fourth-order valence-corrected chi connectivity index (χ4v) is 2.27. The van der Waals surface area contributed by atoms with Gasteiger partial charge in [-0.05, 0) is 32.0 Å². The Hall–Kier alpha value is -0.540. The average molecular weight is 210 g/mol. The normalized spacial score (nSPS) is 18.3. The molecule has 1 aromatic rings. The Bertz CT molecular complexity index is 242. The highest BCUT2D eigenvalue weighted by Gasteiger charge is 2.09. The van der Waals surface area contributed by atoms with E-state index >= 15 is 0 Å². The van der Waals surface area contributed by atoms with Gasteiger partial charge in [-0.25, -0.2) is 0 Å². The summed E-state index contributed by atoms with van der Waals surface area (Å²) >= 11 is 1.56. The van der Waals surface area contributed by atoms with Gasteiger partial charge in [0.15, 0.2) is 0 Å². The molecule has 1 aromatic heterocycles. The fourth-order valence-electron chi connectivity index (χ4n) is 1.77. The Balaban J connectivity index is 1.62. The molecule has 2 nitrogen and oxygen atoms in total. The van der Waals surface area contributed by atoms with Gasteiger partial charge in [0.2, 0.25) is 0 Å². The smallest absolute Gasteiger partial charge is 0.130 e. The third-order valence-corrected chi connectivity index (χ3v) is 3.17. The Morgan fingerprint density at radius 2 is 2.21 bits per heavy atom. The third-order valence-electron chi connectivity index (χ3n) is 2.57. The Morgan fingerprint density at radius 3 is 2.93 bits per heavy atom. The molecule has 1 fully saturated rings. The molecular formula is C11H16NOS. The molecule has 1 aliphatic heterocycles. The van der Waals surface area contributed by atoms with Crippen LogP contribution in [0.15, 0.2) is 11.4 Å². The van der Waals surface area contributed by atoms with E-state index in [1.165, 1.54) is 32.4 Å². The van der Waals surface area contributed by atoms with Gasteiger partial charge in [0.05, 0.1) is 0 Å². The van der Waals surface area contributed by atoms with Gasteiger partial charge in [0, 0.05) is 17.3 Å². The molecule has 0 unspecified atom stereocenters. The van der Waals surface area contributed by atoms with Gasteiger partial charge in [-0.3, -0.25) is 4.90 Å². The van der Waals surface area contributed by atoms with Crippen molar-refractivity contribution in [2.45, 2.75) is 19.3 Å². The molecule has 1 radical (unpaired) electrons. The van der Waals surface area contributed by atoms with E-state index in [9.17, 15) is 0 Å². The largest absolute Gasteiger partial charge is 0.491 e. The molecule has 0 amide bonds. The van der Waals surface area contributed by atoms with Gasteiger partial charge in [0.25, 0.3) is 0 Å². The molecule has 14 heavy (non-hydrogen) atoms. The van der Waals surface area contributed by atoms with Gasteiger partial charge in [-0.2, -0.15) is 0 Å². The quantitative estimate of drug-likeness (QED) is 0.756. The molecule has 0 atom stereocenters. The van der Waals surface area contributed by atoms with Gasteiger partial charge in [-0.15, -0.1) is 11.3 Å². The van der Waals surface area contributed by atoms with E-state index in [4.69, 9.17) is 4.74 Å². The van der Waals surface area contributed by atoms with Gasteiger partial charge in [-0.1, -0.05) is 6.42 Å². The summed E-state index contributed by atoms with van der Waals surface area (Å²) in [6.45, 7) is 4.37. The van der Waals surface area contributed by atoms with Crippen LogP contribution < -0.4 is 4.74 Å². The summed E-state index contributed by atoms with van der Waals surface area (Å²) in [5.41, 5.74) is 0. The molecule has 3 heteroatoms. The number of thiophene rings is 1. The molecule has 2 heterocycles. The van der Waals surface area contributed by atoms with Crippen LogP contribution >= 0.6 is 11.3 Å². The molecule has 1 saturated heterocycles. The lowest BCUT2D eigenvalue weighted by molar-refractivity contribution is 0.183. The van der Waals surface area contributed by atoms with Crippen molar-refractivity contribution in [3.8, 4) is 5.75 Å². The highest BCUT2D eigenvalue weighted by atomic mass is 32.1. The summed E-state index contributed by atoms with van der Waals surface area (Å²) in [5, 5.41) is 5.02. The first-order valence-electron chi connectivity index (χ1n) is 5.25. The lowest BCUT2D eigenvalue weighted by Gasteiger charge is -2.25. The summed E-state index contributed by atoms with van der Waals surface area (Å²) < 4.78 is 5.59. The van der Waals surface area contributed by atoms with Crippen molar-refractivity contribution < 1.29 is 4.74 Å². The van der Waals surface area contributed by atoms with Crippen LogP contribution in [0.25, 0.3) is 0 Å². The second-order valence-corrected chi connectivity index (χ2v) is 4.36. The topological polar surface area (TPSA) is 12.5 Å². The number of ether oxygens (including phenoxy) is 1. The monoisotopic (exact) mass is 210 g/mol. The number of rotatable bonds is 4. The van der Waals surface area contributed by atoms with Crippen LogP contribution in [0.5, 0.6) is 5.75 Å². The van der Waals surface area contributed by atoms with Gasteiger partial charge < -0.3 is 4.74 Å². The summed E-state index contributed by atoms with van der Waals surface area (Å²) in [4.78, 5) is 2.49. The highest BCUT2D eigenvalue weighted by Crippen LogP contribution is 2.14. The molecule has 1 aliphatic rings. The number of piperidine rings is 1. The maximum Gasteiger partial charge on any atom is 0.130 e. The minimum absolute atomic E-state index is 0.810. The first-order valence-corrected chi connectivity index (χ1v) is 6.13. The van der Waals surface area contributed by atoms with E-state index in [1.807, 2.05) is 11.4 Å². The lowest BCUT2D eigenvalue weighted by atomic mass is 10.1. The summed E-state index contributed by atoms with van der Waals surface area (Å²) in [6, 6.07) is 1.90. The Morgan fingerprint density at radius 1 is 1.36 bits per heavy atom. The van der Waals surface area contributed by atoms with Crippen LogP contribution in [0.1, 0.15) is 19.3 Å². The van der Waals surface area contributed by atoms with Crippen molar-refractivity contribution in [2.24, 2.45) is 0 Å². The summed E-state index contributed by atoms with van der Waals surface area (Å²) in [6.07, 6.45) is 4.11. The predicted octanol–water partition coefficient (Wildman–Crippen LogP) is 2.41. The fraction of sp³-hybridized carbons (Fsp3) is 0.636. The maximum atomic E-state index is 5.59. The first-order chi connectivity index (χ1) is 6.95. The summed E-state index contributed by atoms with van der Waals surface area (Å²) in [5.74, 6) is 0.965. The van der Waals surface area contributed by atoms with Crippen molar-refractivity contribution in [3.63, 3.8) is 0 Å². The molecule has 0 bridgehead atoms. The third kappa shape index (κ3) is 3.00. The second kappa shape index (κ2) is 5.37. The maximum absolute atomic E-state index is 5.59. The van der Waals surface area contributed by atoms with Crippen molar-refractivity contribution in [1.82, 2.24) is 4.90 Å². The second-order valence-electron chi connectivity index (χ2n) is 3.65. The zero-order valence-electron chi connectivity index (χ0n) is 8.37. The van der Waals surface area contributed by atoms with Crippen molar-refractivity contribution >= 4 is 11.3 Å². The van der Waals surface area contributed by atoms with Crippen molar-refractivity contribution in [3.05, 3.63) is 16.8 Å². The standard InChI is InChI=1S/C11H16NOS/c1-2-5-12(6-3-1)7-8-13-11-4-9-14-10-11/h4,10H,1-3,5-8H2. The SMILES string of the molecule is [c]1cc(OCCN2CCCCC2)cs1. The van der Waals surface area contributed by atoms with Gasteiger partial charge in [0.1, 0.15) is 12.4 Å². The van der Waals surface area contributed by atoms with E-state index < -0.39 is 0 Å². The van der Waals surface area contributed by atoms with E-state index in [0.717, 1.165) is 18.9 Å². The number of nitrogens with zero attached hydrogens (tertiary/aromatic N) is 1. The zero-order valence-corrected chi connectivity index (χ0v) is 9.18. The predicted molar refractivity (Wildman–Crippen MR) is 58.9 cm³/mol. The molecule has 0 aliphatic carbocycles. The lowest BCUT2D eigenvalue weighted by Crippen LogP contribution is -2.33. The molecule has 0 N–H and O–H groups in total. The molecular weight excluding hydrogens is 194 g/mol. The minimum atomic E-state index is 0.810. The van der Waals surface area contributed by atoms with Crippen molar-refractivity contribution in [1.29, 1.82) is 0 Å². The first kappa shape index (κ1) is 9.99. The van der Waals surface area contributed by atoms with Crippen LogP contribution in [0.2, 0.25) is 0 Å². The molecule has 0 aromatic carbocycles. The van der Waals surface area contributed by atoms with Crippen LogP contribution in [-0.2, 0) is 0 Å². The van der Waals surface area contributed by atoms with Crippen LogP contribution in [0, 0.1) is 5.38 Å². The van der Waals surface area contributed by atoms with E-state index in [-0.39, 0.29) is 0 Å². The molecule has 77 valence electrons. The van der Waals surface area contributed by atoms with Gasteiger partial charge >= 0.3 is 0 Å². The number of hydrogen-bond acceptors (Lipinski definition) is 3. The minimum Gasteiger partial charge on any atom is -0.491 e. The van der Waals surface area contributed by atoms with Crippen LogP contribution in [0.4, 0.5) is 0 Å². The molecule has 0 saturated carbocycles. The Kier molecular flexibility index (Phi) is 3.83. The molecule has 2 rings (SSSR count). The number of hydrogen-bond donors (Lipinski definition) is 0. The van der Waals surface area contributed by atoms with E-state index in [2.05, 4.69) is 10.3 Å². The van der Waals surface area contributed by atoms with E-state index in [1.54, 1.807) is 11.3 Å². The highest BCUT2D eigenvalue weighted by molar-refractivity contribution is 7.07. The zero-order chi connectivity index (χ0) is 9.64. The molecule has 0 spiro atoms. The van der Waals surface area contributed by atoms with Crippen LogP contribution in [0.3, 0.4) is 0 Å². The number of likely N-dealkylation sites (tertiary alicyclic amines) is 1. The Labute approximate surface area is 89.5 Å². The van der Waals surface area contributed by atoms with Crippen molar-refractivity contribution in [2.75, 3.05) is 26.2 Å².